The van der Waals surface area contributed by atoms with E-state index in [9.17, 15) is 4.79 Å². The van der Waals surface area contributed by atoms with Crippen LogP contribution in [0.4, 0.5) is 0 Å². The van der Waals surface area contributed by atoms with Crippen molar-refractivity contribution in [1.29, 1.82) is 0 Å². The second-order valence-corrected chi connectivity index (χ2v) is 7.23. The molecule has 0 aromatic heterocycles. The topological polar surface area (TPSA) is 46.3 Å². The SMILES string of the molecule is CC(C)c1ccc(C2C(N)CC(=O)N2C2CCCCC2)cc1. The van der Waals surface area contributed by atoms with Crippen molar-refractivity contribution in [2.45, 2.75) is 76.4 Å². The monoisotopic (exact) mass is 300 g/mol. The molecule has 1 aliphatic heterocycles. The first-order valence-electron chi connectivity index (χ1n) is 8.74. The van der Waals surface area contributed by atoms with Gasteiger partial charge in [0.25, 0.3) is 0 Å². The van der Waals surface area contributed by atoms with Gasteiger partial charge in [-0.1, -0.05) is 57.4 Å². The number of benzene rings is 1. The van der Waals surface area contributed by atoms with Gasteiger partial charge in [-0.15, -0.1) is 0 Å². The van der Waals surface area contributed by atoms with Crippen molar-refractivity contribution in [3.8, 4) is 0 Å². The Bertz CT molecular complexity index is 517. The van der Waals surface area contributed by atoms with Crippen molar-refractivity contribution in [2.24, 2.45) is 5.73 Å². The molecule has 1 heterocycles. The van der Waals surface area contributed by atoms with Gasteiger partial charge < -0.3 is 10.6 Å². The third kappa shape index (κ3) is 2.91. The molecular formula is C19H28N2O. The van der Waals surface area contributed by atoms with E-state index in [1.165, 1.54) is 30.4 Å². The fourth-order valence-electron chi connectivity index (χ4n) is 4.06. The Kier molecular flexibility index (Phi) is 4.53. The van der Waals surface area contributed by atoms with Crippen LogP contribution < -0.4 is 5.73 Å². The van der Waals surface area contributed by atoms with Gasteiger partial charge >= 0.3 is 0 Å². The summed E-state index contributed by atoms with van der Waals surface area (Å²) in [6, 6.07) is 9.12. The lowest BCUT2D eigenvalue weighted by atomic mass is 9.91. The van der Waals surface area contributed by atoms with Crippen molar-refractivity contribution in [1.82, 2.24) is 4.90 Å². The molecule has 0 bridgehead atoms. The van der Waals surface area contributed by atoms with E-state index < -0.39 is 0 Å². The van der Waals surface area contributed by atoms with E-state index in [0.717, 1.165) is 12.8 Å². The Hall–Kier alpha value is -1.35. The van der Waals surface area contributed by atoms with E-state index in [0.29, 0.717) is 18.4 Å². The first kappa shape index (κ1) is 15.5. The second-order valence-electron chi connectivity index (χ2n) is 7.23. The zero-order chi connectivity index (χ0) is 15.7. The molecular weight excluding hydrogens is 272 g/mol. The van der Waals surface area contributed by atoms with E-state index in [4.69, 9.17) is 5.73 Å². The van der Waals surface area contributed by atoms with Crippen LogP contribution in [-0.4, -0.2) is 22.9 Å². The highest BCUT2D eigenvalue weighted by Crippen LogP contribution is 2.38. The zero-order valence-electron chi connectivity index (χ0n) is 13.8. The van der Waals surface area contributed by atoms with Crippen LogP contribution in [0.3, 0.4) is 0 Å². The largest absolute Gasteiger partial charge is 0.331 e. The van der Waals surface area contributed by atoms with Crippen LogP contribution in [-0.2, 0) is 4.79 Å². The molecule has 1 saturated heterocycles. The maximum atomic E-state index is 12.5. The van der Waals surface area contributed by atoms with E-state index >= 15 is 0 Å². The molecule has 3 rings (SSSR count). The minimum atomic E-state index is -0.0701. The van der Waals surface area contributed by atoms with Gasteiger partial charge in [0.15, 0.2) is 0 Å². The van der Waals surface area contributed by atoms with Crippen molar-refractivity contribution in [3.05, 3.63) is 35.4 Å². The number of nitrogens with two attached hydrogens (primary N) is 1. The van der Waals surface area contributed by atoms with Gasteiger partial charge in [-0.3, -0.25) is 4.79 Å². The lowest BCUT2D eigenvalue weighted by Gasteiger charge is -2.37. The van der Waals surface area contributed by atoms with Crippen LogP contribution in [0.25, 0.3) is 0 Å². The molecule has 2 aliphatic rings. The van der Waals surface area contributed by atoms with Gasteiger partial charge in [0.05, 0.1) is 6.04 Å². The highest BCUT2D eigenvalue weighted by atomic mass is 16.2. The number of hydrogen-bond donors (Lipinski definition) is 1. The molecule has 3 nitrogen and oxygen atoms in total. The predicted molar refractivity (Wildman–Crippen MR) is 89.6 cm³/mol. The average Bonchev–Trinajstić information content (AvgIpc) is 2.82. The summed E-state index contributed by atoms with van der Waals surface area (Å²) >= 11 is 0. The Morgan fingerprint density at radius 1 is 1.09 bits per heavy atom. The van der Waals surface area contributed by atoms with Gasteiger partial charge in [-0.2, -0.15) is 0 Å². The van der Waals surface area contributed by atoms with Crippen LogP contribution in [0.2, 0.25) is 0 Å². The molecule has 1 amide bonds. The van der Waals surface area contributed by atoms with Crippen molar-refractivity contribution in [3.63, 3.8) is 0 Å². The molecule has 2 unspecified atom stereocenters. The Balaban J connectivity index is 1.86. The molecule has 1 aliphatic carbocycles. The van der Waals surface area contributed by atoms with Gasteiger partial charge in [0.1, 0.15) is 0 Å². The summed E-state index contributed by atoms with van der Waals surface area (Å²) in [7, 11) is 0. The summed E-state index contributed by atoms with van der Waals surface area (Å²) in [5.41, 5.74) is 8.87. The molecule has 2 N–H and O–H groups in total. The molecule has 1 saturated carbocycles. The molecule has 0 radical (unpaired) electrons. The minimum absolute atomic E-state index is 0.0665. The molecule has 22 heavy (non-hydrogen) atoms. The quantitative estimate of drug-likeness (QED) is 0.924. The van der Waals surface area contributed by atoms with Crippen LogP contribution in [0.5, 0.6) is 0 Å². The highest BCUT2D eigenvalue weighted by molar-refractivity contribution is 5.80. The summed E-state index contributed by atoms with van der Waals surface area (Å²) < 4.78 is 0. The molecule has 1 aromatic rings. The zero-order valence-corrected chi connectivity index (χ0v) is 13.8. The van der Waals surface area contributed by atoms with E-state index in [-0.39, 0.29) is 18.0 Å². The smallest absolute Gasteiger partial charge is 0.225 e. The Labute approximate surface area is 133 Å². The van der Waals surface area contributed by atoms with E-state index in [2.05, 4.69) is 43.0 Å². The van der Waals surface area contributed by atoms with Crippen molar-refractivity contribution >= 4 is 5.91 Å². The number of rotatable bonds is 3. The summed E-state index contributed by atoms with van der Waals surface area (Å²) in [5, 5.41) is 0. The fraction of sp³-hybridized carbons (Fsp3) is 0.632. The average molecular weight is 300 g/mol. The first-order chi connectivity index (χ1) is 10.6. The molecule has 120 valence electrons. The van der Waals surface area contributed by atoms with Gasteiger partial charge in [-0.25, -0.2) is 0 Å². The normalized spacial score (nSPS) is 26.9. The Morgan fingerprint density at radius 2 is 1.73 bits per heavy atom. The third-order valence-corrected chi connectivity index (χ3v) is 5.32. The first-order valence-corrected chi connectivity index (χ1v) is 8.74. The predicted octanol–water partition coefficient (Wildman–Crippen LogP) is 3.74. The number of nitrogens with zero attached hydrogens (tertiary/aromatic N) is 1. The maximum Gasteiger partial charge on any atom is 0.225 e. The van der Waals surface area contributed by atoms with Crippen LogP contribution in [0, 0.1) is 0 Å². The minimum Gasteiger partial charge on any atom is -0.331 e. The standard InChI is InChI=1S/C19H28N2O/c1-13(2)14-8-10-15(11-9-14)19-17(20)12-18(22)21(19)16-6-4-3-5-7-16/h8-11,13,16-17,19H,3-7,12,20H2,1-2H3. The van der Waals surface area contributed by atoms with Crippen molar-refractivity contribution < 1.29 is 4.79 Å². The van der Waals surface area contributed by atoms with Gasteiger partial charge in [0.2, 0.25) is 5.91 Å². The number of carbonyl (C=O) groups is 1. The van der Waals surface area contributed by atoms with E-state index in [1.807, 2.05) is 0 Å². The number of carbonyl (C=O) groups excluding carboxylic acids is 1. The summed E-state index contributed by atoms with van der Waals surface area (Å²) in [4.78, 5) is 14.6. The lowest BCUT2D eigenvalue weighted by Crippen LogP contribution is -2.41. The molecule has 2 atom stereocenters. The Morgan fingerprint density at radius 3 is 2.32 bits per heavy atom. The molecule has 1 aromatic carbocycles. The maximum absolute atomic E-state index is 12.5. The van der Waals surface area contributed by atoms with Crippen LogP contribution in [0.15, 0.2) is 24.3 Å². The second kappa shape index (κ2) is 6.41. The third-order valence-electron chi connectivity index (χ3n) is 5.32. The van der Waals surface area contributed by atoms with Crippen molar-refractivity contribution in [2.75, 3.05) is 0 Å². The summed E-state index contributed by atoms with van der Waals surface area (Å²) in [5.74, 6) is 0.778. The fourth-order valence-corrected chi connectivity index (χ4v) is 4.06. The summed E-state index contributed by atoms with van der Waals surface area (Å²) in [6.45, 7) is 4.41. The van der Waals surface area contributed by atoms with Gasteiger partial charge in [-0.05, 0) is 29.9 Å². The highest BCUT2D eigenvalue weighted by Gasteiger charge is 2.42. The molecule has 0 spiro atoms. The van der Waals surface area contributed by atoms with E-state index in [1.54, 1.807) is 0 Å². The van der Waals surface area contributed by atoms with Gasteiger partial charge in [0, 0.05) is 18.5 Å². The lowest BCUT2D eigenvalue weighted by molar-refractivity contribution is -0.132. The number of hydrogen-bond acceptors (Lipinski definition) is 2. The van der Waals surface area contributed by atoms with Crippen LogP contribution >= 0.6 is 0 Å². The number of amides is 1. The number of likely N-dealkylation sites (tertiary alicyclic amines) is 1. The van der Waals surface area contributed by atoms with Crippen LogP contribution in [0.1, 0.15) is 75.5 Å². The molecule has 3 heteroatoms. The molecule has 2 fully saturated rings. The summed E-state index contributed by atoms with van der Waals surface area (Å²) in [6.07, 6.45) is 6.55.